The summed E-state index contributed by atoms with van der Waals surface area (Å²) in [4.78, 5) is 14.8. The normalized spacial score (nSPS) is 13.0. The van der Waals surface area contributed by atoms with E-state index in [1.54, 1.807) is 6.07 Å². The van der Waals surface area contributed by atoms with Crippen LogP contribution in [-0.2, 0) is 4.79 Å². The summed E-state index contributed by atoms with van der Waals surface area (Å²) >= 11 is 0. The van der Waals surface area contributed by atoms with Gasteiger partial charge < -0.3 is 10.8 Å². The van der Waals surface area contributed by atoms with Crippen molar-refractivity contribution in [3.8, 4) is 0 Å². The van der Waals surface area contributed by atoms with E-state index in [1.807, 2.05) is 13.8 Å². The Morgan fingerprint density at radius 1 is 1.38 bits per heavy atom. The molecule has 116 valence electrons. The number of hydrogen-bond acceptors (Lipinski definition) is 3. The van der Waals surface area contributed by atoms with Gasteiger partial charge in [-0.2, -0.15) is 0 Å². The molecule has 0 amide bonds. The minimum Gasteiger partial charge on any atom is -0.481 e. The fourth-order valence-corrected chi connectivity index (χ4v) is 1.33. The van der Waals surface area contributed by atoms with Crippen molar-refractivity contribution in [3.63, 3.8) is 0 Å². The molecule has 0 aliphatic heterocycles. The second-order valence-corrected chi connectivity index (χ2v) is 3.88. The van der Waals surface area contributed by atoms with Crippen LogP contribution in [0, 0.1) is 5.92 Å². The highest BCUT2D eigenvalue weighted by Gasteiger charge is 2.14. The van der Waals surface area contributed by atoms with Crippen molar-refractivity contribution in [2.24, 2.45) is 16.6 Å². The van der Waals surface area contributed by atoms with E-state index in [4.69, 9.17) is 10.8 Å². The zero-order valence-electron chi connectivity index (χ0n) is 12.3. The summed E-state index contributed by atoms with van der Waals surface area (Å²) in [6.45, 7) is 5.46. The number of aliphatic carboxylic acids is 1. The number of aliphatic imine (C=N–C) groups is 1. The van der Waals surface area contributed by atoms with E-state index in [-0.39, 0.29) is 5.56 Å². The van der Waals surface area contributed by atoms with Crippen molar-refractivity contribution in [2.75, 3.05) is 0 Å². The first kappa shape index (κ1) is 18.8. The van der Waals surface area contributed by atoms with Gasteiger partial charge in [-0.05, 0) is 30.8 Å². The Bertz CT molecular complexity index is 514. The van der Waals surface area contributed by atoms with Crippen LogP contribution in [0.2, 0.25) is 0 Å². The van der Waals surface area contributed by atoms with Gasteiger partial charge in [-0.25, -0.2) is 8.78 Å². The summed E-state index contributed by atoms with van der Waals surface area (Å²) in [5.74, 6) is -1.85. The summed E-state index contributed by atoms with van der Waals surface area (Å²) in [6, 6.07) is 5.53. The van der Waals surface area contributed by atoms with Gasteiger partial charge in [0.2, 0.25) is 0 Å². The molecule has 0 saturated carbocycles. The second kappa shape index (κ2) is 9.63. The van der Waals surface area contributed by atoms with Crippen LogP contribution in [-0.4, -0.2) is 17.3 Å². The first-order valence-corrected chi connectivity index (χ1v) is 6.52. The van der Waals surface area contributed by atoms with Gasteiger partial charge >= 0.3 is 5.97 Å². The van der Waals surface area contributed by atoms with E-state index in [9.17, 15) is 13.6 Å². The fourth-order valence-electron chi connectivity index (χ4n) is 1.33. The molecule has 21 heavy (non-hydrogen) atoms. The Labute approximate surface area is 123 Å². The molecule has 0 radical (unpaired) electrons. The monoisotopic (exact) mass is 298 g/mol. The summed E-state index contributed by atoms with van der Waals surface area (Å²) in [6.07, 6.45) is -0.166. The minimum absolute atomic E-state index is 0.140. The molecule has 6 heteroatoms. The van der Waals surface area contributed by atoms with Crippen molar-refractivity contribution >= 4 is 17.9 Å². The predicted molar refractivity (Wildman–Crippen MR) is 80.0 cm³/mol. The Hall–Kier alpha value is -2.24. The molecule has 0 fully saturated rings. The lowest BCUT2D eigenvalue weighted by Gasteiger charge is -2.06. The van der Waals surface area contributed by atoms with Crippen LogP contribution in [0.3, 0.4) is 0 Å². The molecular formula is C15H20F2N2O2. The van der Waals surface area contributed by atoms with Gasteiger partial charge in [0.1, 0.15) is 0 Å². The van der Waals surface area contributed by atoms with E-state index in [0.717, 1.165) is 6.20 Å². The largest absolute Gasteiger partial charge is 0.481 e. The lowest BCUT2D eigenvalue weighted by Crippen LogP contribution is -2.14. The Kier molecular flexibility index (Phi) is 8.60. The molecule has 1 rings (SSSR count). The quantitative estimate of drug-likeness (QED) is 0.809. The molecule has 3 N–H and O–H groups in total. The van der Waals surface area contributed by atoms with Gasteiger partial charge in [-0.1, -0.05) is 26.0 Å². The van der Waals surface area contributed by atoms with Gasteiger partial charge in [-0.15, -0.1) is 0 Å². The van der Waals surface area contributed by atoms with E-state index >= 15 is 0 Å². The summed E-state index contributed by atoms with van der Waals surface area (Å²) in [5, 5.41) is 8.84. The molecule has 1 aromatic carbocycles. The number of carbonyl (C=O) groups is 1. The van der Waals surface area contributed by atoms with Crippen molar-refractivity contribution < 1.29 is 18.7 Å². The Morgan fingerprint density at radius 2 is 2.00 bits per heavy atom. The number of rotatable bonds is 5. The molecule has 0 aliphatic rings. The number of alkyl halides is 2. The van der Waals surface area contributed by atoms with Crippen LogP contribution in [0.5, 0.6) is 0 Å². The van der Waals surface area contributed by atoms with Crippen LogP contribution in [0.4, 0.5) is 14.5 Å². The third-order valence-electron chi connectivity index (χ3n) is 2.55. The lowest BCUT2D eigenvalue weighted by molar-refractivity contribution is -0.139. The summed E-state index contributed by atoms with van der Waals surface area (Å²) in [5.41, 5.74) is 5.79. The predicted octanol–water partition coefficient (Wildman–Crippen LogP) is 3.92. The van der Waals surface area contributed by atoms with Crippen LogP contribution in [0.1, 0.15) is 32.8 Å². The van der Waals surface area contributed by atoms with Gasteiger partial charge in [0.25, 0.3) is 6.43 Å². The van der Waals surface area contributed by atoms with Crippen molar-refractivity contribution in [3.05, 3.63) is 41.6 Å². The lowest BCUT2D eigenvalue weighted by atomic mass is 10.0. The van der Waals surface area contributed by atoms with Crippen molar-refractivity contribution in [1.82, 2.24) is 0 Å². The van der Waals surface area contributed by atoms with E-state index in [0.29, 0.717) is 11.3 Å². The Morgan fingerprint density at radius 3 is 2.48 bits per heavy atom. The van der Waals surface area contributed by atoms with Gasteiger partial charge in [0.15, 0.2) is 0 Å². The maximum absolute atomic E-state index is 12.5. The zero-order valence-corrected chi connectivity index (χ0v) is 12.3. The van der Waals surface area contributed by atoms with E-state index in [2.05, 4.69) is 4.99 Å². The molecule has 1 unspecified atom stereocenters. The first-order chi connectivity index (χ1) is 9.95. The molecule has 0 heterocycles. The average molecular weight is 298 g/mol. The number of nitrogens with zero attached hydrogens (tertiary/aromatic N) is 1. The Balaban J connectivity index is 0.00000191. The number of benzene rings is 1. The smallest absolute Gasteiger partial charge is 0.310 e. The zero-order chi connectivity index (χ0) is 16.4. The average Bonchev–Trinajstić information content (AvgIpc) is 2.49. The number of nitrogens with two attached hydrogens (primary N) is 1. The molecule has 0 saturated heterocycles. The van der Waals surface area contributed by atoms with Gasteiger partial charge in [-0.3, -0.25) is 9.79 Å². The number of carboxylic acids is 1. The third-order valence-corrected chi connectivity index (χ3v) is 2.55. The standard InChI is InChI=1S/C13H14F2N2O2.C2H6/c1-8(13(18)19)10(6-16)7-17-11-4-2-3-9(5-11)12(14)15;1-2/h2-8,12H,16H2,1H3,(H,18,19);1-2H3/b10-6+,17-7?;. The number of hydrogen-bond donors (Lipinski definition) is 2. The van der Waals surface area contributed by atoms with Gasteiger partial charge in [0, 0.05) is 11.8 Å². The second-order valence-electron chi connectivity index (χ2n) is 3.88. The molecule has 1 aromatic rings. The molecule has 0 aromatic heterocycles. The van der Waals surface area contributed by atoms with Gasteiger partial charge in [0.05, 0.1) is 11.6 Å². The van der Waals surface area contributed by atoms with E-state index in [1.165, 1.54) is 31.3 Å². The number of halogens is 2. The first-order valence-electron chi connectivity index (χ1n) is 6.52. The maximum Gasteiger partial charge on any atom is 0.310 e. The van der Waals surface area contributed by atoms with Crippen molar-refractivity contribution in [1.29, 1.82) is 0 Å². The minimum atomic E-state index is -2.57. The van der Waals surface area contributed by atoms with Crippen LogP contribution in [0.15, 0.2) is 41.0 Å². The van der Waals surface area contributed by atoms with Crippen LogP contribution in [0.25, 0.3) is 0 Å². The molecule has 0 aliphatic carbocycles. The molecule has 0 spiro atoms. The van der Waals surface area contributed by atoms with E-state index < -0.39 is 18.3 Å². The SMILES string of the molecule is CC.CC(C(=O)O)/C(C=Nc1cccc(C(F)F)c1)=C/N. The van der Waals surface area contributed by atoms with Crippen molar-refractivity contribution in [2.45, 2.75) is 27.2 Å². The topological polar surface area (TPSA) is 75.7 Å². The fraction of sp³-hybridized carbons (Fsp3) is 0.333. The summed E-state index contributed by atoms with van der Waals surface area (Å²) < 4.78 is 25.0. The molecule has 0 bridgehead atoms. The molecular weight excluding hydrogens is 278 g/mol. The van der Waals surface area contributed by atoms with Crippen LogP contribution >= 0.6 is 0 Å². The number of carboxylic acid groups (broad SMARTS) is 1. The molecule has 1 atom stereocenters. The van der Waals surface area contributed by atoms with Crippen LogP contribution < -0.4 is 5.73 Å². The highest BCUT2D eigenvalue weighted by atomic mass is 19.3. The summed E-state index contributed by atoms with van der Waals surface area (Å²) in [7, 11) is 0. The maximum atomic E-state index is 12.5. The molecule has 4 nitrogen and oxygen atoms in total. The highest BCUT2D eigenvalue weighted by molar-refractivity contribution is 5.89. The third kappa shape index (κ3) is 6.16. The highest BCUT2D eigenvalue weighted by Crippen LogP contribution is 2.23.